The van der Waals surface area contributed by atoms with Crippen LogP contribution in [0, 0.1) is 18.3 Å². The molecule has 0 saturated heterocycles. The van der Waals surface area contributed by atoms with E-state index in [2.05, 4.69) is 16.4 Å². The smallest absolute Gasteiger partial charge is 0.136 e. The van der Waals surface area contributed by atoms with Gasteiger partial charge in [-0.3, -0.25) is 4.98 Å². The molecule has 0 amide bonds. The minimum atomic E-state index is 0.546. The number of ether oxygens (including phenoxy) is 1. The molecule has 2 rings (SSSR count). The van der Waals surface area contributed by atoms with Crippen molar-refractivity contribution >= 4 is 5.69 Å². The molecule has 0 aliphatic carbocycles. The Kier molecular flexibility index (Phi) is 3.99. The fraction of sp³-hybridized carbons (Fsp3) is 0.200. The Morgan fingerprint density at radius 3 is 2.84 bits per heavy atom. The third-order valence-electron chi connectivity index (χ3n) is 2.76. The molecule has 0 fully saturated rings. The molecule has 1 N–H and O–H groups in total. The largest absolute Gasteiger partial charge is 0.495 e. The van der Waals surface area contributed by atoms with Gasteiger partial charge in [-0.25, -0.2) is 0 Å². The normalized spacial score (nSPS) is 9.74. The monoisotopic (exact) mass is 253 g/mol. The predicted octanol–water partition coefficient (Wildman–Crippen LogP) is 2.88. The van der Waals surface area contributed by atoms with Crippen LogP contribution in [0.5, 0.6) is 5.75 Å². The third kappa shape index (κ3) is 3.23. The number of anilines is 1. The summed E-state index contributed by atoms with van der Waals surface area (Å²) < 4.78 is 5.12. The van der Waals surface area contributed by atoms with Crippen LogP contribution in [0.15, 0.2) is 36.7 Å². The van der Waals surface area contributed by atoms with Gasteiger partial charge in [-0.15, -0.1) is 0 Å². The summed E-state index contributed by atoms with van der Waals surface area (Å²) in [6, 6.07) is 9.74. The fourth-order valence-electron chi connectivity index (χ4n) is 1.81. The van der Waals surface area contributed by atoms with Crippen LogP contribution in [-0.4, -0.2) is 12.1 Å². The van der Waals surface area contributed by atoms with E-state index in [9.17, 15) is 0 Å². The molecule has 0 saturated carbocycles. The zero-order chi connectivity index (χ0) is 13.7. The minimum absolute atomic E-state index is 0.546. The van der Waals surface area contributed by atoms with E-state index in [0.717, 1.165) is 16.8 Å². The molecule has 1 aromatic carbocycles. The zero-order valence-electron chi connectivity index (χ0n) is 11.0. The zero-order valence-corrected chi connectivity index (χ0v) is 11.0. The van der Waals surface area contributed by atoms with Crippen LogP contribution >= 0.6 is 0 Å². The van der Waals surface area contributed by atoms with Crippen LogP contribution in [0.3, 0.4) is 0 Å². The highest BCUT2D eigenvalue weighted by molar-refractivity contribution is 5.47. The molecule has 4 heteroatoms. The lowest BCUT2D eigenvalue weighted by molar-refractivity contribution is 0.413. The number of rotatable bonds is 4. The number of pyridine rings is 1. The summed E-state index contributed by atoms with van der Waals surface area (Å²) in [6.45, 7) is 2.64. The van der Waals surface area contributed by atoms with Crippen molar-refractivity contribution in [1.29, 1.82) is 5.26 Å². The van der Waals surface area contributed by atoms with Gasteiger partial charge in [-0.1, -0.05) is 6.07 Å². The van der Waals surface area contributed by atoms with E-state index in [1.807, 2.05) is 37.4 Å². The number of aromatic nitrogens is 1. The highest BCUT2D eigenvalue weighted by atomic mass is 16.5. The Morgan fingerprint density at radius 1 is 1.32 bits per heavy atom. The first-order chi connectivity index (χ1) is 9.22. The Morgan fingerprint density at radius 2 is 2.16 bits per heavy atom. The number of nitriles is 1. The molecular weight excluding hydrogens is 238 g/mol. The minimum Gasteiger partial charge on any atom is -0.495 e. The van der Waals surface area contributed by atoms with Gasteiger partial charge in [0.15, 0.2) is 0 Å². The van der Waals surface area contributed by atoms with Gasteiger partial charge in [-0.2, -0.15) is 5.26 Å². The summed E-state index contributed by atoms with van der Waals surface area (Å²) in [7, 11) is 1.56. The number of methoxy groups -OCH3 is 1. The molecule has 0 unspecified atom stereocenters. The van der Waals surface area contributed by atoms with Crippen molar-refractivity contribution in [3.05, 3.63) is 53.3 Å². The number of hydrogen-bond acceptors (Lipinski definition) is 4. The maximum atomic E-state index is 9.04. The summed E-state index contributed by atoms with van der Waals surface area (Å²) in [5, 5.41) is 12.3. The molecule has 0 aliphatic rings. The molecule has 0 bridgehead atoms. The van der Waals surface area contributed by atoms with Gasteiger partial charge in [0, 0.05) is 18.9 Å². The van der Waals surface area contributed by atoms with Crippen LogP contribution in [0.4, 0.5) is 5.69 Å². The molecule has 0 spiro atoms. The van der Waals surface area contributed by atoms with Crippen LogP contribution in [0.25, 0.3) is 0 Å². The van der Waals surface area contributed by atoms with Gasteiger partial charge in [0.2, 0.25) is 0 Å². The number of nitrogens with one attached hydrogen (secondary N) is 1. The van der Waals surface area contributed by atoms with E-state index in [1.165, 1.54) is 0 Å². The second kappa shape index (κ2) is 5.87. The number of hydrogen-bond donors (Lipinski definition) is 1. The van der Waals surface area contributed by atoms with E-state index in [0.29, 0.717) is 17.9 Å². The van der Waals surface area contributed by atoms with Crippen LogP contribution in [-0.2, 0) is 6.54 Å². The quantitative estimate of drug-likeness (QED) is 0.910. The molecule has 19 heavy (non-hydrogen) atoms. The van der Waals surface area contributed by atoms with Crippen LogP contribution in [0.1, 0.15) is 16.7 Å². The average molecular weight is 253 g/mol. The summed E-state index contributed by atoms with van der Waals surface area (Å²) in [5.41, 5.74) is 3.65. The van der Waals surface area contributed by atoms with E-state index < -0.39 is 0 Å². The van der Waals surface area contributed by atoms with Crippen molar-refractivity contribution in [1.82, 2.24) is 4.98 Å². The summed E-state index contributed by atoms with van der Waals surface area (Å²) in [6.07, 6.45) is 3.59. The van der Waals surface area contributed by atoms with Gasteiger partial charge in [0.1, 0.15) is 11.8 Å². The van der Waals surface area contributed by atoms with E-state index in [-0.39, 0.29) is 0 Å². The van der Waals surface area contributed by atoms with Crippen molar-refractivity contribution in [3.8, 4) is 11.8 Å². The molecule has 4 nitrogen and oxygen atoms in total. The Labute approximate surface area is 112 Å². The highest BCUT2D eigenvalue weighted by Crippen LogP contribution is 2.19. The third-order valence-corrected chi connectivity index (χ3v) is 2.76. The van der Waals surface area contributed by atoms with Crippen molar-refractivity contribution in [2.45, 2.75) is 13.5 Å². The van der Waals surface area contributed by atoms with Gasteiger partial charge < -0.3 is 10.1 Å². The van der Waals surface area contributed by atoms with Crippen LogP contribution < -0.4 is 10.1 Å². The van der Waals surface area contributed by atoms with Gasteiger partial charge in [-0.05, 0) is 36.2 Å². The Hall–Kier alpha value is -2.54. The van der Waals surface area contributed by atoms with Gasteiger partial charge >= 0.3 is 0 Å². The van der Waals surface area contributed by atoms with Gasteiger partial charge in [0.05, 0.1) is 18.4 Å². The van der Waals surface area contributed by atoms with E-state index >= 15 is 0 Å². The molecule has 96 valence electrons. The SMILES string of the molecule is COc1ccc(CNc2cncc(C)c2)cc1C#N. The van der Waals surface area contributed by atoms with E-state index in [1.54, 1.807) is 13.3 Å². The maximum absolute atomic E-state index is 9.04. The summed E-state index contributed by atoms with van der Waals surface area (Å²) >= 11 is 0. The lowest BCUT2D eigenvalue weighted by Crippen LogP contribution is -2.01. The summed E-state index contributed by atoms with van der Waals surface area (Å²) in [4.78, 5) is 4.12. The standard InChI is InChI=1S/C15H15N3O/c1-11-5-14(10-17-8-11)18-9-12-3-4-15(19-2)13(6-12)7-16/h3-6,8,10,18H,9H2,1-2H3. The second-order valence-electron chi connectivity index (χ2n) is 4.25. The molecule has 1 aromatic heterocycles. The van der Waals surface area contributed by atoms with Crippen molar-refractivity contribution in [3.63, 3.8) is 0 Å². The fourth-order valence-corrected chi connectivity index (χ4v) is 1.81. The van der Waals surface area contributed by atoms with Crippen molar-refractivity contribution in [2.75, 3.05) is 12.4 Å². The highest BCUT2D eigenvalue weighted by Gasteiger charge is 2.03. The number of aryl methyl sites for hydroxylation is 1. The van der Waals surface area contributed by atoms with Crippen molar-refractivity contribution in [2.24, 2.45) is 0 Å². The first-order valence-electron chi connectivity index (χ1n) is 5.95. The molecule has 1 heterocycles. The molecular formula is C15H15N3O. The lowest BCUT2D eigenvalue weighted by Gasteiger charge is -2.08. The Bertz CT molecular complexity index is 617. The Balaban J connectivity index is 2.10. The first kappa shape index (κ1) is 12.9. The van der Waals surface area contributed by atoms with E-state index in [4.69, 9.17) is 10.00 Å². The van der Waals surface area contributed by atoms with Crippen LogP contribution in [0.2, 0.25) is 0 Å². The predicted molar refractivity (Wildman–Crippen MR) is 74.0 cm³/mol. The first-order valence-corrected chi connectivity index (χ1v) is 5.95. The molecule has 2 aromatic rings. The summed E-state index contributed by atoms with van der Waals surface area (Å²) in [5.74, 6) is 0.600. The topological polar surface area (TPSA) is 57.9 Å². The maximum Gasteiger partial charge on any atom is 0.136 e. The lowest BCUT2D eigenvalue weighted by atomic mass is 10.1. The molecule has 0 atom stereocenters. The number of benzene rings is 1. The second-order valence-corrected chi connectivity index (χ2v) is 4.25. The molecule has 0 radical (unpaired) electrons. The van der Waals surface area contributed by atoms with Crippen molar-refractivity contribution < 1.29 is 4.74 Å². The number of nitrogens with zero attached hydrogens (tertiary/aromatic N) is 2. The van der Waals surface area contributed by atoms with Gasteiger partial charge in [0.25, 0.3) is 0 Å². The average Bonchev–Trinajstić information content (AvgIpc) is 2.45. The molecule has 0 aliphatic heterocycles.